The summed E-state index contributed by atoms with van der Waals surface area (Å²) >= 11 is 5.57. The number of aliphatic hydroxyl groups excluding tert-OH is 1. The van der Waals surface area contributed by atoms with Crippen LogP contribution in [0.1, 0.15) is 80.4 Å². The summed E-state index contributed by atoms with van der Waals surface area (Å²) in [6.45, 7) is 2.20. The molecule has 0 aliphatic heterocycles. The van der Waals surface area contributed by atoms with E-state index in [1.54, 1.807) is 11.3 Å². The van der Waals surface area contributed by atoms with Crippen molar-refractivity contribution in [3.8, 4) is 0 Å². The van der Waals surface area contributed by atoms with E-state index < -0.39 is 0 Å². The second kappa shape index (κ2) is 12.8. The smallest absolute Gasteiger partial charge is 0.0790 e. The zero-order valence-corrected chi connectivity index (χ0v) is 22.0. The monoisotopic (exact) mass is 534 g/mol. The zero-order valence-electron chi connectivity index (χ0n) is 16.8. The summed E-state index contributed by atoms with van der Waals surface area (Å²) in [5.41, 5.74) is 3.85. The molecule has 1 N–H and O–H groups in total. The van der Waals surface area contributed by atoms with Crippen LogP contribution >= 0.6 is 27.3 Å². The summed E-state index contributed by atoms with van der Waals surface area (Å²) < 4.78 is 1.37. The largest absolute Gasteiger partial charge is 0.388 e. The number of aryl methyl sites for hydroxylation is 1. The van der Waals surface area contributed by atoms with Gasteiger partial charge in [-0.1, -0.05) is 79.2 Å². The summed E-state index contributed by atoms with van der Waals surface area (Å²) in [4.78, 5) is 1.44. The Kier molecular flexibility index (Phi) is 11.2. The van der Waals surface area contributed by atoms with Crippen molar-refractivity contribution >= 4 is 32.8 Å². The summed E-state index contributed by atoms with van der Waals surface area (Å²) in [5.74, 6) is 0.642. The molecule has 0 saturated carbocycles. The second-order valence-electron chi connectivity index (χ2n) is 7.60. The van der Waals surface area contributed by atoms with Crippen molar-refractivity contribution in [1.29, 1.82) is 0 Å². The van der Waals surface area contributed by atoms with E-state index in [2.05, 4.69) is 58.6 Å². The average Bonchev–Trinajstić information content (AvgIpc) is 3.32. The fraction of sp³-hybridized carbons (Fsp3) is 0.500. The summed E-state index contributed by atoms with van der Waals surface area (Å²) in [7, 11) is 0. The molecule has 1 aromatic heterocycles. The normalized spacial score (nSPS) is 17.6. The number of aliphatic hydroxyl groups is 1. The first-order valence-corrected chi connectivity index (χ1v) is 11.9. The van der Waals surface area contributed by atoms with Crippen LogP contribution in [0.3, 0.4) is 0 Å². The van der Waals surface area contributed by atoms with Crippen LogP contribution < -0.4 is 0 Å². The minimum atomic E-state index is -0.329. The number of benzene rings is 1. The van der Waals surface area contributed by atoms with Crippen molar-refractivity contribution in [3.63, 3.8) is 0 Å². The van der Waals surface area contributed by atoms with Crippen molar-refractivity contribution in [2.75, 3.05) is 0 Å². The maximum atomic E-state index is 10.4. The Morgan fingerprint density at radius 1 is 1.18 bits per heavy atom. The Morgan fingerprint density at radius 3 is 2.64 bits per heavy atom. The molecule has 1 aromatic carbocycles. The molecule has 0 bridgehead atoms. The van der Waals surface area contributed by atoms with Gasteiger partial charge < -0.3 is 16.4 Å². The van der Waals surface area contributed by atoms with Gasteiger partial charge in [0, 0.05) is 32.7 Å². The molecule has 1 aliphatic rings. The molecule has 1 heterocycles. The molecule has 0 fully saturated rings. The molecule has 2 atom stereocenters. The van der Waals surface area contributed by atoms with Gasteiger partial charge in [-0.3, -0.25) is 0 Å². The van der Waals surface area contributed by atoms with Gasteiger partial charge in [0.2, 0.25) is 0 Å². The van der Waals surface area contributed by atoms with E-state index in [1.807, 2.05) is 6.07 Å². The number of rotatable bonds is 10. The predicted molar refractivity (Wildman–Crippen MR) is 120 cm³/mol. The van der Waals surface area contributed by atoms with E-state index >= 15 is 0 Å². The molecule has 28 heavy (non-hydrogen) atoms. The minimum Gasteiger partial charge on any atom is -0.388 e. The quantitative estimate of drug-likeness (QED) is 0.244. The van der Waals surface area contributed by atoms with Crippen molar-refractivity contribution in [1.82, 2.24) is 0 Å². The Bertz CT molecular complexity index is 724. The topological polar surface area (TPSA) is 20.2 Å². The van der Waals surface area contributed by atoms with Gasteiger partial charge in [0.25, 0.3) is 0 Å². The van der Waals surface area contributed by atoms with Crippen LogP contribution in [0.4, 0.5) is 0 Å². The van der Waals surface area contributed by atoms with Crippen LogP contribution in [0.2, 0.25) is 0 Å². The Morgan fingerprint density at radius 2 is 1.96 bits per heavy atom. The number of halogens is 1. The molecule has 3 rings (SSSR count). The van der Waals surface area contributed by atoms with E-state index in [-0.39, 0.29) is 38.8 Å². The van der Waals surface area contributed by atoms with Crippen LogP contribution in [-0.2, 0) is 39.1 Å². The fourth-order valence-corrected chi connectivity index (χ4v) is 5.50. The number of hydrogen-bond acceptors (Lipinski definition) is 2. The average molecular weight is 535 g/mol. The van der Waals surface area contributed by atoms with Crippen molar-refractivity contribution in [3.05, 3.63) is 62.3 Å². The first kappa shape index (κ1) is 24.5. The van der Waals surface area contributed by atoms with Crippen LogP contribution in [-0.4, -0.2) is 5.11 Å². The maximum Gasteiger partial charge on any atom is 0.0790 e. The zero-order chi connectivity index (χ0) is 19.1. The molecular formula is C24H30BrOSY-. The van der Waals surface area contributed by atoms with Crippen molar-refractivity contribution in [2.24, 2.45) is 5.92 Å². The third-order valence-electron chi connectivity index (χ3n) is 5.60. The first-order chi connectivity index (χ1) is 13.2. The van der Waals surface area contributed by atoms with Gasteiger partial charge in [-0.25, -0.2) is 6.07 Å². The summed E-state index contributed by atoms with van der Waals surface area (Å²) in [6.07, 6.45) is 10.1. The molecule has 1 aliphatic carbocycles. The van der Waals surface area contributed by atoms with Gasteiger partial charge in [0.05, 0.1) is 6.10 Å². The first-order valence-electron chi connectivity index (χ1n) is 10.3. The molecule has 0 saturated heterocycles. The summed E-state index contributed by atoms with van der Waals surface area (Å²) in [6, 6.07) is 12.9. The fourth-order valence-electron chi connectivity index (χ4n) is 4.05. The Labute approximate surface area is 208 Å². The van der Waals surface area contributed by atoms with E-state index in [4.69, 9.17) is 0 Å². The molecule has 2 aromatic rings. The van der Waals surface area contributed by atoms with Crippen LogP contribution in [0.5, 0.6) is 0 Å². The van der Waals surface area contributed by atoms with Crippen molar-refractivity contribution < 1.29 is 37.8 Å². The van der Waals surface area contributed by atoms with Gasteiger partial charge in [0.15, 0.2) is 0 Å². The maximum absolute atomic E-state index is 10.4. The van der Waals surface area contributed by atoms with Crippen molar-refractivity contribution in [2.45, 2.75) is 70.8 Å². The molecule has 1 nitrogen and oxygen atoms in total. The third kappa shape index (κ3) is 6.88. The van der Waals surface area contributed by atoms with Gasteiger partial charge in [-0.05, 0) is 52.8 Å². The molecule has 4 heteroatoms. The molecule has 1 radical (unpaired) electrons. The Hall–Kier alpha value is 0.204. The predicted octanol–water partition coefficient (Wildman–Crippen LogP) is 7.70. The van der Waals surface area contributed by atoms with Crippen LogP contribution in [0.15, 0.2) is 40.9 Å². The molecule has 0 spiro atoms. The molecule has 149 valence electrons. The minimum absolute atomic E-state index is 0. The van der Waals surface area contributed by atoms with Gasteiger partial charge in [0.1, 0.15) is 0 Å². The van der Waals surface area contributed by atoms with E-state index in [1.165, 1.54) is 59.0 Å². The van der Waals surface area contributed by atoms with Crippen LogP contribution in [0, 0.1) is 11.3 Å². The molecule has 0 amide bonds. The number of unbranched alkanes of at least 4 members (excludes halogenated alkanes) is 2. The standard InChI is InChI=1S/C24H30BrOS.Y/c1-2-3-4-10-23(26)18-11-13-20(14-12-18)24-19(15-16-22(24)25)7-5-8-21-9-6-17-27-21;/h6,9,11-14,19,23,26H,2-5,7-8,10,15-16H2,1H3;/q-1;/t19-,23?;/m0./s1. The molecular weight excluding hydrogens is 505 g/mol. The molecule has 1 unspecified atom stereocenters. The van der Waals surface area contributed by atoms with Gasteiger partial charge in [-0.2, -0.15) is 6.07 Å². The number of thiophene rings is 1. The van der Waals surface area contributed by atoms with E-state index in [0.29, 0.717) is 5.92 Å². The number of hydrogen-bond donors (Lipinski definition) is 1. The van der Waals surface area contributed by atoms with Gasteiger partial charge in [-0.15, -0.1) is 10.3 Å². The SMILES string of the molecule is CCCCCC(O)c1ccc(C2=C(Br)CC[C@@H]2CCCc2cc[c-]s2)cc1.[Y]. The number of allylic oxidation sites excluding steroid dienone is 2. The second-order valence-corrected chi connectivity index (χ2v) is 9.52. The van der Waals surface area contributed by atoms with Crippen LogP contribution in [0.25, 0.3) is 5.57 Å². The van der Waals surface area contributed by atoms with E-state index in [9.17, 15) is 5.11 Å². The summed E-state index contributed by atoms with van der Waals surface area (Å²) in [5, 5.41) is 13.6. The third-order valence-corrected chi connectivity index (χ3v) is 7.28. The van der Waals surface area contributed by atoms with Gasteiger partial charge >= 0.3 is 0 Å². The van der Waals surface area contributed by atoms with E-state index in [0.717, 1.165) is 24.8 Å². The Balaban J connectivity index is 0.00000280.